The summed E-state index contributed by atoms with van der Waals surface area (Å²) in [5.41, 5.74) is 0.317. The van der Waals surface area contributed by atoms with Gasteiger partial charge in [0.1, 0.15) is 5.58 Å². The molecule has 1 heterocycles. The number of aromatic hydroxyl groups is 1. The molecule has 0 saturated heterocycles. The maximum Gasteiger partial charge on any atom is 0.344 e. The fourth-order valence-corrected chi connectivity index (χ4v) is 2.21. The highest BCUT2D eigenvalue weighted by Gasteiger charge is 2.11. The van der Waals surface area contributed by atoms with Gasteiger partial charge in [-0.1, -0.05) is 24.8 Å². The first-order chi connectivity index (χ1) is 10.1. The molecule has 3 aromatic rings. The quantitative estimate of drug-likeness (QED) is 0.390. The van der Waals surface area contributed by atoms with E-state index in [-0.39, 0.29) is 5.58 Å². The minimum Gasteiger partial charge on any atom is -0.505 e. The van der Waals surface area contributed by atoms with Crippen LogP contribution in [0.2, 0.25) is 0 Å². The highest BCUT2D eigenvalue weighted by Crippen LogP contribution is 2.28. The maximum absolute atomic E-state index is 13.5. The second-order valence-corrected chi connectivity index (χ2v) is 4.60. The average Bonchev–Trinajstić information content (AvgIpc) is 2.47. The maximum atomic E-state index is 13.5. The number of phenolic OH excluding ortho intramolecular Hbond substituents is 1. The van der Waals surface area contributed by atoms with E-state index < -0.39 is 17.2 Å². The van der Waals surface area contributed by atoms with Crippen LogP contribution in [0, 0.1) is 17.7 Å². The average molecular weight is 282 g/mol. The van der Waals surface area contributed by atoms with Crippen molar-refractivity contribution in [3.63, 3.8) is 0 Å². The number of phenols is 1. The molecule has 21 heavy (non-hydrogen) atoms. The minimum absolute atomic E-state index is 0.152. The predicted molar refractivity (Wildman–Crippen MR) is 78.8 cm³/mol. The van der Waals surface area contributed by atoms with Crippen molar-refractivity contribution in [2.45, 2.75) is 13.3 Å². The van der Waals surface area contributed by atoms with Crippen LogP contribution in [0.4, 0.5) is 4.39 Å². The van der Waals surface area contributed by atoms with Crippen LogP contribution in [0.15, 0.2) is 39.5 Å². The van der Waals surface area contributed by atoms with Crippen LogP contribution in [0.3, 0.4) is 0 Å². The van der Waals surface area contributed by atoms with Gasteiger partial charge in [-0.3, -0.25) is 0 Å². The molecule has 0 spiro atoms. The first-order valence-electron chi connectivity index (χ1n) is 6.48. The van der Waals surface area contributed by atoms with Crippen molar-refractivity contribution in [2.75, 3.05) is 0 Å². The molecule has 0 radical (unpaired) electrons. The Balaban J connectivity index is 2.40. The van der Waals surface area contributed by atoms with E-state index in [1.807, 2.05) is 6.92 Å². The Morgan fingerprint density at radius 3 is 2.76 bits per heavy atom. The predicted octanol–water partition coefficient (Wildman–Crippen LogP) is 3.55. The lowest BCUT2D eigenvalue weighted by Gasteiger charge is -2.04. The van der Waals surface area contributed by atoms with Crippen LogP contribution in [-0.4, -0.2) is 5.11 Å². The Kier molecular flexibility index (Phi) is 3.11. The third-order valence-electron chi connectivity index (χ3n) is 3.19. The second-order valence-electron chi connectivity index (χ2n) is 4.60. The third-order valence-corrected chi connectivity index (χ3v) is 3.19. The van der Waals surface area contributed by atoms with E-state index in [0.717, 1.165) is 18.6 Å². The monoisotopic (exact) mass is 282 g/mol. The molecule has 0 aliphatic rings. The largest absolute Gasteiger partial charge is 0.505 e. The van der Waals surface area contributed by atoms with Gasteiger partial charge in [0.25, 0.3) is 0 Å². The lowest BCUT2D eigenvalue weighted by atomic mass is 10.0. The zero-order chi connectivity index (χ0) is 15.0. The number of halogens is 1. The fourth-order valence-electron chi connectivity index (χ4n) is 2.21. The fraction of sp³-hybridized carbons (Fsp3) is 0.118. The van der Waals surface area contributed by atoms with Gasteiger partial charge in [-0.2, -0.15) is 0 Å². The van der Waals surface area contributed by atoms with E-state index >= 15 is 0 Å². The number of hydrogen-bond acceptors (Lipinski definition) is 3. The molecule has 3 rings (SSSR count). The van der Waals surface area contributed by atoms with Crippen molar-refractivity contribution < 1.29 is 13.9 Å². The van der Waals surface area contributed by atoms with Crippen molar-refractivity contribution in [2.24, 2.45) is 0 Å². The molecule has 4 heteroatoms. The molecule has 1 aromatic heterocycles. The summed E-state index contributed by atoms with van der Waals surface area (Å²) in [5.74, 6) is 4.56. The molecule has 0 bridgehead atoms. The van der Waals surface area contributed by atoms with Gasteiger partial charge in [0.15, 0.2) is 11.6 Å². The van der Waals surface area contributed by atoms with Gasteiger partial charge in [-0.05, 0) is 18.2 Å². The molecule has 0 saturated carbocycles. The number of benzene rings is 2. The lowest BCUT2D eigenvalue weighted by Crippen LogP contribution is -2.00. The van der Waals surface area contributed by atoms with Gasteiger partial charge in [-0.25, -0.2) is 9.18 Å². The Morgan fingerprint density at radius 1 is 1.19 bits per heavy atom. The molecule has 1 N–H and O–H groups in total. The zero-order valence-electron chi connectivity index (χ0n) is 11.2. The molecule has 0 aliphatic carbocycles. The Morgan fingerprint density at radius 2 is 2.00 bits per heavy atom. The van der Waals surface area contributed by atoms with Gasteiger partial charge in [-0.15, -0.1) is 0 Å². The number of hydrogen-bond donors (Lipinski definition) is 1. The highest BCUT2D eigenvalue weighted by molar-refractivity contribution is 6.04. The van der Waals surface area contributed by atoms with E-state index in [4.69, 9.17) is 4.42 Å². The smallest absolute Gasteiger partial charge is 0.344 e. The molecule has 0 fully saturated rings. The molecule has 0 amide bonds. The van der Waals surface area contributed by atoms with E-state index in [1.165, 1.54) is 0 Å². The summed E-state index contributed by atoms with van der Waals surface area (Å²) in [6, 6.07) is 7.39. The second kappa shape index (κ2) is 4.95. The van der Waals surface area contributed by atoms with Crippen molar-refractivity contribution in [3.8, 4) is 17.6 Å². The summed E-state index contributed by atoms with van der Waals surface area (Å²) < 4.78 is 18.7. The van der Waals surface area contributed by atoms with Crippen molar-refractivity contribution in [3.05, 3.63) is 52.1 Å². The lowest BCUT2D eigenvalue weighted by molar-refractivity contribution is 0.431. The van der Waals surface area contributed by atoms with Gasteiger partial charge in [0.2, 0.25) is 0 Å². The highest BCUT2D eigenvalue weighted by atomic mass is 19.1. The van der Waals surface area contributed by atoms with Gasteiger partial charge in [0.05, 0.1) is 5.39 Å². The topological polar surface area (TPSA) is 50.4 Å². The van der Waals surface area contributed by atoms with E-state index in [0.29, 0.717) is 21.7 Å². The first-order valence-corrected chi connectivity index (χ1v) is 6.48. The van der Waals surface area contributed by atoms with Crippen LogP contribution >= 0.6 is 0 Å². The summed E-state index contributed by atoms with van der Waals surface area (Å²) in [5, 5.41) is 10.7. The normalized spacial score (nSPS) is 10.6. The molecular formula is C17H11FO3. The Hall–Kier alpha value is -2.80. The molecule has 0 unspecified atom stereocenters. The van der Waals surface area contributed by atoms with E-state index in [2.05, 4.69) is 11.8 Å². The number of fused-ring (bicyclic) bond motifs is 3. The summed E-state index contributed by atoms with van der Waals surface area (Å²) in [6.07, 6.45) is 0.717. The van der Waals surface area contributed by atoms with Crippen LogP contribution in [0.25, 0.3) is 21.7 Å². The third kappa shape index (κ3) is 2.23. The summed E-state index contributed by atoms with van der Waals surface area (Å²) in [4.78, 5) is 12.0. The molecular weight excluding hydrogens is 271 g/mol. The molecule has 0 aliphatic heterocycles. The summed E-state index contributed by atoms with van der Waals surface area (Å²) >= 11 is 0. The first kappa shape index (κ1) is 13.2. The Labute approximate surface area is 119 Å². The van der Waals surface area contributed by atoms with Crippen molar-refractivity contribution in [1.29, 1.82) is 0 Å². The van der Waals surface area contributed by atoms with Crippen LogP contribution < -0.4 is 5.63 Å². The van der Waals surface area contributed by atoms with Crippen molar-refractivity contribution >= 4 is 21.7 Å². The zero-order valence-corrected chi connectivity index (χ0v) is 11.2. The molecule has 0 atom stereocenters. The van der Waals surface area contributed by atoms with Crippen LogP contribution in [0.5, 0.6) is 5.75 Å². The SMILES string of the molecule is CCC#Cc1ccc2c(c1)c(=O)oc1cc(O)c(F)cc12. The van der Waals surface area contributed by atoms with Gasteiger partial charge < -0.3 is 9.52 Å². The molecule has 3 nitrogen and oxygen atoms in total. The number of rotatable bonds is 0. The summed E-state index contributed by atoms with van der Waals surface area (Å²) in [6.45, 7) is 1.94. The van der Waals surface area contributed by atoms with E-state index in [9.17, 15) is 14.3 Å². The van der Waals surface area contributed by atoms with Crippen LogP contribution in [-0.2, 0) is 0 Å². The van der Waals surface area contributed by atoms with Crippen molar-refractivity contribution in [1.82, 2.24) is 0 Å². The standard InChI is InChI=1S/C17H11FO3/c1-2-3-4-10-5-6-11-12-8-14(18)15(19)9-16(12)21-17(20)13(11)7-10/h5-9,19H,2H2,1H3. The Bertz CT molecular complexity index is 974. The minimum atomic E-state index is -0.757. The van der Waals surface area contributed by atoms with Crippen LogP contribution in [0.1, 0.15) is 18.9 Å². The van der Waals surface area contributed by atoms with Gasteiger partial charge in [0, 0.05) is 28.8 Å². The molecule has 2 aromatic carbocycles. The molecule has 104 valence electrons. The van der Waals surface area contributed by atoms with Gasteiger partial charge >= 0.3 is 5.63 Å². The van der Waals surface area contributed by atoms with E-state index in [1.54, 1.807) is 18.2 Å². The summed E-state index contributed by atoms with van der Waals surface area (Å²) in [7, 11) is 0.